The summed E-state index contributed by atoms with van der Waals surface area (Å²) in [5, 5.41) is 8.00. The molecule has 0 atom stereocenters. The largest absolute Gasteiger partial charge is 0.0801 e. The van der Waals surface area contributed by atoms with Crippen LogP contribution in [0.5, 0.6) is 0 Å². The Balaban J connectivity index is 1.50. The van der Waals surface area contributed by atoms with Gasteiger partial charge in [-0.15, -0.1) is 0 Å². The molecule has 0 aromatic heterocycles. The van der Waals surface area contributed by atoms with Gasteiger partial charge >= 0.3 is 0 Å². The zero-order valence-corrected chi connectivity index (χ0v) is 22.1. The van der Waals surface area contributed by atoms with Gasteiger partial charge in [0.05, 0.1) is 0 Å². The molecular formula is C39H30. The molecule has 0 N–H and O–H groups in total. The predicted molar refractivity (Wildman–Crippen MR) is 169 cm³/mol. The van der Waals surface area contributed by atoms with E-state index in [1.807, 2.05) is 0 Å². The fourth-order valence-corrected chi connectivity index (χ4v) is 6.87. The van der Waals surface area contributed by atoms with Crippen LogP contribution in [-0.2, 0) is 12.8 Å². The second-order valence-corrected chi connectivity index (χ2v) is 11.1. The van der Waals surface area contributed by atoms with Gasteiger partial charge in [0.1, 0.15) is 0 Å². The fourth-order valence-electron chi connectivity index (χ4n) is 6.87. The maximum Gasteiger partial charge on any atom is -0.00260 e. The third-order valence-electron chi connectivity index (χ3n) is 8.77. The highest BCUT2D eigenvalue weighted by Crippen LogP contribution is 2.46. The second-order valence-electron chi connectivity index (χ2n) is 11.1. The Morgan fingerprint density at radius 1 is 0.436 bits per heavy atom. The highest BCUT2D eigenvalue weighted by Gasteiger charge is 2.20. The van der Waals surface area contributed by atoms with Gasteiger partial charge in [-0.25, -0.2) is 0 Å². The zero-order chi connectivity index (χ0) is 25.8. The lowest BCUT2D eigenvalue weighted by Gasteiger charge is -2.22. The minimum Gasteiger partial charge on any atom is -0.0801 e. The number of allylic oxidation sites excluding steroid dienone is 2. The van der Waals surface area contributed by atoms with Crippen LogP contribution >= 0.6 is 0 Å². The Morgan fingerprint density at radius 3 is 1.74 bits per heavy atom. The monoisotopic (exact) mass is 498 g/mol. The van der Waals surface area contributed by atoms with Crippen molar-refractivity contribution >= 4 is 44.5 Å². The average molecular weight is 499 g/mol. The molecule has 2 aliphatic carbocycles. The average Bonchev–Trinajstić information content (AvgIpc) is 3.24. The smallest absolute Gasteiger partial charge is 0.00260 e. The van der Waals surface area contributed by atoms with Crippen LogP contribution < -0.4 is 0 Å². The molecule has 39 heavy (non-hydrogen) atoms. The van der Waals surface area contributed by atoms with Crippen molar-refractivity contribution < 1.29 is 0 Å². The van der Waals surface area contributed by atoms with Gasteiger partial charge in [0.15, 0.2) is 0 Å². The quantitative estimate of drug-likeness (QED) is 0.208. The van der Waals surface area contributed by atoms with E-state index in [1.165, 1.54) is 103 Å². The molecule has 0 amide bonds. The fraction of sp³-hybridized carbons (Fsp3) is 0.128. The van der Waals surface area contributed by atoms with Crippen LogP contribution in [0.2, 0.25) is 0 Å². The van der Waals surface area contributed by atoms with Crippen LogP contribution in [0.3, 0.4) is 0 Å². The van der Waals surface area contributed by atoms with Crippen molar-refractivity contribution in [2.24, 2.45) is 0 Å². The molecule has 0 radical (unpaired) electrons. The van der Waals surface area contributed by atoms with E-state index in [-0.39, 0.29) is 0 Å². The van der Waals surface area contributed by atoms with Crippen molar-refractivity contribution in [3.05, 3.63) is 131 Å². The summed E-state index contributed by atoms with van der Waals surface area (Å²) in [4.78, 5) is 0. The van der Waals surface area contributed by atoms with Gasteiger partial charge in [0.2, 0.25) is 0 Å². The van der Waals surface area contributed by atoms with Gasteiger partial charge in [-0.05, 0) is 121 Å². The summed E-state index contributed by atoms with van der Waals surface area (Å²) in [5.41, 5.74) is 11.0. The number of hydrogen-bond donors (Lipinski definition) is 0. The highest BCUT2D eigenvalue weighted by molar-refractivity contribution is 6.22. The second kappa shape index (κ2) is 9.10. The molecule has 0 heteroatoms. The SMILES string of the molecule is C1=Cc2ccc(-c3c4ccccc4c(-c4ccc5ccccc5c4)c4cc5c(cc34)CCCC5)cc2C=CC1. The topological polar surface area (TPSA) is 0 Å². The molecule has 0 unspecified atom stereocenters. The summed E-state index contributed by atoms with van der Waals surface area (Å²) in [6.07, 6.45) is 15.0. The molecule has 0 bridgehead atoms. The molecule has 2 aliphatic rings. The highest BCUT2D eigenvalue weighted by atomic mass is 14.2. The van der Waals surface area contributed by atoms with E-state index in [0.717, 1.165) is 6.42 Å². The van der Waals surface area contributed by atoms with E-state index in [9.17, 15) is 0 Å². The van der Waals surface area contributed by atoms with Crippen LogP contribution in [0, 0.1) is 0 Å². The maximum absolute atomic E-state index is 2.54. The molecule has 0 aliphatic heterocycles. The summed E-state index contributed by atoms with van der Waals surface area (Å²) in [6.45, 7) is 0. The first-order chi connectivity index (χ1) is 19.3. The number of fused-ring (bicyclic) bond motifs is 5. The van der Waals surface area contributed by atoms with Gasteiger partial charge < -0.3 is 0 Å². The van der Waals surface area contributed by atoms with E-state index < -0.39 is 0 Å². The molecule has 6 aromatic carbocycles. The van der Waals surface area contributed by atoms with E-state index >= 15 is 0 Å². The van der Waals surface area contributed by atoms with Gasteiger partial charge in [-0.2, -0.15) is 0 Å². The molecular weight excluding hydrogens is 468 g/mol. The minimum absolute atomic E-state index is 0.989. The molecule has 0 saturated carbocycles. The number of hydrogen-bond acceptors (Lipinski definition) is 0. The van der Waals surface area contributed by atoms with Gasteiger partial charge in [-0.1, -0.05) is 109 Å². The van der Waals surface area contributed by atoms with Gasteiger partial charge in [0, 0.05) is 0 Å². The molecule has 0 saturated heterocycles. The minimum atomic E-state index is 0.989. The van der Waals surface area contributed by atoms with Crippen molar-refractivity contribution in [2.75, 3.05) is 0 Å². The zero-order valence-electron chi connectivity index (χ0n) is 22.1. The predicted octanol–water partition coefficient (Wildman–Crippen LogP) is 10.8. The van der Waals surface area contributed by atoms with Crippen molar-refractivity contribution in [1.82, 2.24) is 0 Å². The van der Waals surface area contributed by atoms with Crippen molar-refractivity contribution in [3.8, 4) is 22.3 Å². The Hall–Kier alpha value is -4.42. The first-order valence-electron chi connectivity index (χ1n) is 14.3. The lowest BCUT2D eigenvalue weighted by Crippen LogP contribution is -2.03. The molecule has 186 valence electrons. The van der Waals surface area contributed by atoms with Crippen molar-refractivity contribution in [1.29, 1.82) is 0 Å². The Kier molecular flexibility index (Phi) is 5.26. The first kappa shape index (κ1) is 22.6. The standard InChI is InChI=1S/C39H30/c1-2-10-26-18-20-32(22-28(26)12-3-1)38-34-16-8-9-17-35(34)39(33-21-19-27-11-4-5-13-29(27)23-33)37-25-31-15-7-6-14-30(31)24-36(37)38/h2-5,8-13,16-25H,1,6-7,14-15H2. The lowest BCUT2D eigenvalue weighted by atomic mass is 9.81. The summed E-state index contributed by atoms with van der Waals surface area (Å²) in [6, 6.07) is 36.9. The maximum atomic E-state index is 2.54. The molecule has 0 fully saturated rings. The van der Waals surface area contributed by atoms with Crippen LogP contribution in [0.25, 0.3) is 66.7 Å². The van der Waals surface area contributed by atoms with E-state index in [1.54, 1.807) is 0 Å². The number of aryl methyl sites for hydroxylation is 2. The molecule has 0 heterocycles. The third-order valence-corrected chi connectivity index (χ3v) is 8.77. The number of rotatable bonds is 2. The Morgan fingerprint density at radius 2 is 1.03 bits per heavy atom. The Labute approximate surface area is 229 Å². The van der Waals surface area contributed by atoms with E-state index in [2.05, 4.69) is 121 Å². The third kappa shape index (κ3) is 3.74. The van der Waals surface area contributed by atoms with Crippen molar-refractivity contribution in [3.63, 3.8) is 0 Å². The van der Waals surface area contributed by atoms with Crippen molar-refractivity contribution in [2.45, 2.75) is 32.1 Å². The summed E-state index contributed by atoms with van der Waals surface area (Å²) in [5.74, 6) is 0. The first-order valence-corrected chi connectivity index (χ1v) is 14.3. The Bertz CT molecular complexity index is 1980. The lowest BCUT2D eigenvalue weighted by molar-refractivity contribution is 0.687. The van der Waals surface area contributed by atoms with Crippen LogP contribution in [0.4, 0.5) is 0 Å². The number of benzene rings is 6. The molecule has 0 nitrogen and oxygen atoms in total. The van der Waals surface area contributed by atoms with E-state index in [4.69, 9.17) is 0 Å². The molecule has 6 aromatic rings. The van der Waals surface area contributed by atoms with Crippen LogP contribution in [0.1, 0.15) is 41.5 Å². The summed E-state index contributed by atoms with van der Waals surface area (Å²) >= 11 is 0. The van der Waals surface area contributed by atoms with E-state index in [0.29, 0.717) is 0 Å². The van der Waals surface area contributed by atoms with Gasteiger partial charge in [-0.3, -0.25) is 0 Å². The van der Waals surface area contributed by atoms with Crippen LogP contribution in [-0.4, -0.2) is 0 Å². The summed E-state index contributed by atoms with van der Waals surface area (Å²) in [7, 11) is 0. The normalized spacial score (nSPS) is 14.5. The summed E-state index contributed by atoms with van der Waals surface area (Å²) < 4.78 is 0. The van der Waals surface area contributed by atoms with Gasteiger partial charge in [0.25, 0.3) is 0 Å². The molecule has 8 rings (SSSR count). The molecule has 0 spiro atoms. The van der Waals surface area contributed by atoms with Crippen LogP contribution in [0.15, 0.2) is 109 Å².